The zero-order valence-corrected chi connectivity index (χ0v) is 19.2. The molecule has 35 heavy (non-hydrogen) atoms. The summed E-state index contributed by atoms with van der Waals surface area (Å²) in [7, 11) is 0. The number of hydrogen-bond acceptors (Lipinski definition) is 7. The molecule has 2 heterocycles. The van der Waals surface area contributed by atoms with Crippen molar-refractivity contribution in [1.29, 1.82) is 0 Å². The maximum atomic E-state index is 12.8. The maximum absolute atomic E-state index is 12.8. The quantitative estimate of drug-likeness (QED) is 0.521. The van der Waals surface area contributed by atoms with Gasteiger partial charge in [-0.15, -0.1) is 5.10 Å². The third-order valence-corrected chi connectivity index (χ3v) is 5.68. The SMILES string of the molecule is CCN(CC(=O)Nc1ccc(N2CCOCC2)cc1)Cc1nnnn1-c1ccc(C(F)(F)F)cc1. The van der Waals surface area contributed by atoms with E-state index in [9.17, 15) is 18.0 Å². The van der Waals surface area contributed by atoms with Crippen LogP contribution in [-0.4, -0.2) is 70.4 Å². The molecule has 12 heteroatoms. The maximum Gasteiger partial charge on any atom is 0.416 e. The Hall–Kier alpha value is -3.51. The monoisotopic (exact) mass is 489 g/mol. The molecule has 1 aromatic heterocycles. The number of amides is 1. The predicted octanol–water partition coefficient (Wildman–Crippen LogP) is 2.98. The molecular weight excluding hydrogens is 463 g/mol. The van der Waals surface area contributed by atoms with Gasteiger partial charge in [0.25, 0.3) is 0 Å². The molecule has 1 amide bonds. The average molecular weight is 490 g/mol. The molecule has 1 aliphatic rings. The Labute approximate surface area is 200 Å². The summed E-state index contributed by atoms with van der Waals surface area (Å²) in [4.78, 5) is 16.7. The van der Waals surface area contributed by atoms with E-state index in [0.29, 0.717) is 37.0 Å². The Morgan fingerprint density at radius 1 is 1.06 bits per heavy atom. The van der Waals surface area contributed by atoms with E-state index in [-0.39, 0.29) is 19.0 Å². The number of aromatic nitrogens is 4. The minimum atomic E-state index is -4.42. The van der Waals surface area contributed by atoms with Crippen molar-refractivity contribution >= 4 is 17.3 Å². The van der Waals surface area contributed by atoms with Gasteiger partial charge >= 0.3 is 6.18 Å². The van der Waals surface area contributed by atoms with Crippen molar-refractivity contribution in [2.75, 3.05) is 49.6 Å². The number of benzene rings is 2. The number of carbonyl (C=O) groups is 1. The number of hydrogen-bond donors (Lipinski definition) is 1. The van der Waals surface area contributed by atoms with E-state index in [1.807, 2.05) is 36.1 Å². The van der Waals surface area contributed by atoms with E-state index < -0.39 is 11.7 Å². The highest BCUT2D eigenvalue weighted by molar-refractivity contribution is 5.92. The zero-order chi connectivity index (χ0) is 24.8. The number of alkyl halides is 3. The second kappa shape index (κ2) is 10.8. The van der Waals surface area contributed by atoms with E-state index in [2.05, 4.69) is 25.7 Å². The summed E-state index contributed by atoms with van der Waals surface area (Å²) in [6.07, 6.45) is -4.42. The number of morpholine rings is 1. The molecule has 4 rings (SSSR count). The standard InChI is InChI=1S/C23H26F3N7O2/c1-2-31(15-21-28-29-30-33(21)20-7-3-17(4-8-20)23(24,25)26)16-22(34)27-18-5-9-19(10-6-18)32-11-13-35-14-12-32/h3-10H,2,11-16H2,1H3,(H,27,34). The van der Waals surface area contributed by atoms with E-state index in [1.54, 1.807) is 0 Å². The molecule has 3 aromatic rings. The van der Waals surface area contributed by atoms with Crippen molar-refractivity contribution in [3.05, 3.63) is 59.9 Å². The third-order valence-electron chi connectivity index (χ3n) is 5.68. The largest absolute Gasteiger partial charge is 0.416 e. The van der Waals surface area contributed by atoms with E-state index >= 15 is 0 Å². The van der Waals surface area contributed by atoms with Crippen LogP contribution in [0, 0.1) is 0 Å². The lowest BCUT2D eigenvalue weighted by Gasteiger charge is -2.29. The van der Waals surface area contributed by atoms with Crippen molar-refractivity contribution in [1.82, 2.24) is 25.1 Å². The van der Waals surface area contributed by atoms with Gasteiger partial charge in [-0.3, -0.25) is 9.69 Å². The van der Waals surface area contributed by atoms with Gasteiger partial charge in [-0.1, -0.05) is 6.92 Å². The van der Waals surface area contributed by atoms with E-state index in [4.69, 9.17) is 4.74 Å². The molecule has 0 unspecified atom stereocenters. The summed E-state index contributed by atoms with van der Waals surface area (Å²) in [6, 6.07) is 12.3. The molecule has 0 saturated carbocycles. The number of halogens is 3. The van der Waals surface area contributed by atoms with Crippen LogP contribution in [0.1, 0.15) is 18.3 Å². The number of carbonyl (C=O) groups excluding carboxylic acids is 1. The normalized spacial score (nSPS) is 14.4. The molecule has 0 spiro atoms. The summed E-state index contributed by atoms with van der Waals surface area (Å²) in [5.41, 5.74) is 1.42. The summed E-state index contributed by atoms with van der Waals surface area (Å²) < 4.78 is 45.3. The van der Waals surface area contributed by atoms with E-state index in [0.717, 1.165) is 30.9 Å². The second-order valence-corrected chi connectivity index (χ2v) is 8.05. The van der Waals surface area contributed by atoms with Crippen LogP contribution in [0.15, 0.2) is 48.5 Å². The number of anilines is 2. The summed E-state index contributed by atoms with van der Waals surface area (Å²) in [5.74, 6) is 0.216. The number of tetrazole rings is 1. The van der Waals surface area contributed by atoms with Gasteiger partial charge in [-0.25, -0.2) is 0 Å². The molecule has 1 aliphatic heterocycles. The highest BCUT2D eigenvalue weighted by atomic mass is 19.4. The number of nitrogens with zero attached hydrogens (tertiary/aromatic N) is 6. The van der Waals surface area contributed by atoms with Gasteiger partial charge in [-0.2, -0.15) is 17.9 Å². The van der Waals surface area contributed by atoms with Crippen LogP contribution >= 0.6 is 0 Å². The van der Waals surface area contributed by atoms with Gasteiger partial charge in [0.05, 0.1) is 37.6 Å². The lowest BCUT2D eigenvalue weighted by molar-refractivity contribution is -0.137. The van der Waals surface area contributed by atoms with Gasteiger partial charge in [0.1, 0.15) is 0 Å². The van der Waals surface area contributed by atoms with Gasteiger partial charge in [0.15, 0.2) is 5.82 Å². The Bertz CT molecular complexity index is 1110. The van der Waals surface area contributed by atoms with Gasteiger partial charge in [0, 0.05) is 24.5 Å². The van der Waals surface area contributed by atoms with Gasteiger partial charge in [0.2, 0.25) is 5.91 Å². The van der Waals surface area contributed by atoms with Crippen LogP contribution in [0.5, 0.6) is 0 Å². The molecular formula is C23H26F3N7O2. The van der Waals surface area contributed by atoms with Crippen LogP contribution < -0.4 is 10.2 Å². The smallest absolute Gasteiger partial charge is 0.378 e. The van der Waals surface area contributed by atoms with Crippen LogP contribution in [-0.2, 0) is 22.3 Å². The first-order valence-electron chi connectivity index (χ1n) is 11.2. The van der Waals surface area contributed by atoms with Gasteiger partial charge < -0.3 is 15.0 Å². The summed E-state index contributed by atoms with van der Waals surface area (Å²) >= 11 is 0. The number of rotatable bonds is 8. The molecule has 9 nitrogen and oxygen atoms in total. The molecule has 186 valence electrons. The summed E-state index contributed by atoms with van der Waals surface area (Å²) in [6.45, 7) is 5.86. The number of ether oxygens (including phenoxy) is 1. The van der Waals surface area contributed by atoms with Crippen molar-refractivity contribution in [3.8, 4) is 5.69 Å². The van der Waals surface area contributed by atoms with Crippen LogP contribution in [0.2, 0.25) is 0 Å². The second-order valence-electron chi connectivity index (χ2n) is 8.05. The summed E-state index contributed by atoms with van der Waals surface area (Å²) in [5, 5.41) is 14.4. The fourth-order valence-electron chi connectivity index (χ4n) is 3.76. The molecule has 0 atom stereocenters. The minimum Gasteiger partial charge on any atom is -0.378 e. The van der Waals surface area contributed by atoms with Crippen LogP contribution in [0.4, 0.5) is 24.5 Å². The Balaban J connectivity index is 1.35. The molecule has 1 N–H and O–H groups in total. The molecule has 0 radical (unpaired) electrons. The third kappa shape index (κ3) is 6.34. The lowest BCUT2D eigenvalue weighted by Crippen LogP contribution is -2.36. The topological polar surface area (TPSA) is 88.4 Å². The minimum absolute atomic E-state index is 0.0988. The van der Waals surface area contributed by atoms with Gasteiger partial charge in [-0.05, 0) is 65.5 Å². The zero-order valence-electron chi connectivity index (χ0n) is 19.2. The highest BCUT2D eigenvalue weighted by Gasteiger charge is 2.30. The Morgan fingerprint density at radius 3 is 2.34 bits per heavy atom. The molecule has 2 aromatic carbocycles. The molecule has 1 saturated heterocycles. The van der Waals surface area contributed by atoms with Crippen LogP contribution in [0.25, 0.3) is 5.69 Å². The molecule has 0 bridgehead atoms. The predicted molar refractivity (Wildman–Crippen MR) is 123 cm³/mol. The van der Waals surface area contributed by atoms with Crippen molar-refractivity contribution < 1.29 is 22.7 Å². The average Bonchev–Trinajstić information content (AvgIpc) is 3.32. The van der Waals surface area contributed by atoms with Crippen molar-refractivity contribution in [2.24, 2.45) is 0 Å². The fourth-order valence-corrected chi connectivity index (χ4v) is 3.76. The Kier molecular flexibility index (Phi) is 7.61. The number of nitrogens with one attached hydrogen (secondary N) is 1. The number of likely N-dealkylation sites (N-methyl/N-ethyl adjacent to an activating group) is 1. The Morgan fingerprint density at radius 2 is 1.71 bits per heavy atom. The highest BCUT2D eigenvalue weighted by Crippen LogP contribution is 2.29. The fraction of sp³-hybridized carbons (Fsp3) is 0.391. The first kappa shape index (κ1) is 24.6. The first-order valence-corrected chi connectivity index (χ1v) is 11.2. The van der Waals surface area contributed by atoms with E-state index in [1.165, 1.54) is 16.8 Å². The first-order chi connectivity index (χ1) is 16.8. The lowest BCUT2D eigenvalue weighted by atomic mass is 10.2. The molecule has 1 fully saturated rings. The van der Waals surface area contributed by atoms with Crippen molar-refractivity contribution in [2.45, 2.75) is 19.6 Å². The van der Waals surface area contributed by atoms with Crippen LogP contribution in [0.3, 0.4) is 0 Å². The van der Waals surface area contributed by atoms with Crippen molar-refractivity contribution in [3.63, 3.8) is 0 Å². The molecule has 0 aliphatic carbocycles.